The van der Waals surface area contributed by atoms with Crippen molar-refractivity contribution in [1.82, 2.24) is 20.3 Å². The lowest BCUT2D eigenvalue weighted by Gasteiger charge is -2.16. The van der Waals surface area contributed by atoms with Crippen LogP contribution in [0.2, 0.25) is 0 Å². The molecule has 0 bridgehead atoms. The average molecular weight is 284 g/mol. The predicted octanol–water partition coefficient (Wildman–Crippen LogP) is 2.34. The normalized spacial score (nSPS) is 13.4. The lowest BCUT2D eigenvalue weighted by atomic mass is 10.0. The topological polar surface area (TPSA) is 42.7 Å². The Morgan fingerprint density at radius 1 is 1.25 bits per heavy atom. The Morgan fingerprint density at radius 3 is 2.35 bits per heavy atom. The van der Waals surface area contributed by atoms with Gasteiger partial charge in [-0.2, -0.15) is 13.2 Å². The van der Waals surface area contributed by atoms with Crippen molar-refractivity contribution >= 4 is 0 Å². The Kier molecular flexibility index (Phi) is 4.08. The van der Waals surface area contributed by atoms with Gasteiger partial charge >= 0.3 is 6.18 Å². The zero-order valence-electron chi connectivity index (χ0n) is 11.1. The van der Waals surface area contributed by atoms with Crippen LogP contribution in [0.5, 0.6) is 0 Å². The van der Waals surface area contributed by atoms with Gasteiger partial charge in [-0.15, -0.1) is 5.10 Å². The van der Waals surface area contributed by atoms with Gasteiger partial charge in [-0.1, -0.05) is 17.3 Å². The van der Waals surface area contributed by atoms with Crippen LogP contribution in [0.25, 0.3) is 0 Å². The van der Waals surface area contributed by atoms with Crippen LogP contribution in [0, 0.1) is 0 Å². The van der Waals surface area contributed by atoms with Crippen molar-refractivity contribution in [3.05, 3.63) is 47.3 Å². The minimum absolute atomic E-state index is 0.0493. The first-order valence-corrected chi connectivity index (χ1v) is 6.10. The number of hydrogen-bond donors (Lipinski definition) is 1. The number of alkyl halides is 3. The van der Waals surface area contributed by atoms with Crippen LogP contribution in [0.4, 0.5) is 13.2 Å². The Hall–Kier alpha value is -1.89. The van der Waals surface area contributed by atoms with Crippen molar-refractivity contribution in [1.29, 1.82) is 0 Å². The molecule has 0 fully saturated rings. The third-order valence-electron chi connectivity index (χ3n) is 3.18. The summed E-state index contributed by atoms with van der Waals surface area (Å²) >= 11 is 0. The van der Waals surface area contributed by atoms with E-state index in [1.165, 1.54) is 12.1 Å². The molecule has 0 radical (unpaired) electrons. The first-order valence-electron chi connectivity index (χ1n) is 6.10. The molecular formula is C13H15F3N4. The van der Waals surface area contributed by atoms with E-state index in [-0.39, 0.29) is 6.04 Å². The number of likely N-dealkylation sites (N-methyl/N-ethyl adjacent to an activating group) is 1. The van der Waals surface area contributed by atoms with Gasteiger partial charge in [0.2, 0.25) is 0 Å². The van der Waals surface area contributed by atoms with Crippen LogP contribution < -0.4 is 5.32 Å². The van der Waals surface area contributed by atoms with Crippen molar-refractivity contribution in [2.45, 2.75) is 18.6 Å². The zero-order chi connectivity index (χ0) is 14.8. The van der Waals surface area contributed by atoms with E-state index in [0.717, 1.165) is 23.4 Å². The van der Waals surface area contributed by atoms with Crippen LogP contribution in [0.15, 0.2) is 30.5 Å². The largest absolute Gasteiger partial charge is 0.416 e. The molecule has 1 N–H and O–H groups in total. The van der Waals surface area contributed by atoms with Crippen LogP contribution in [0.3, 0.4) is 0 Å². The summed E-state index contributed by atoms with van der Waals surface area (Å²) in [6.45, 7) is 0. The Morgan fingerprint density at radius 2 is 1.90 bits per heavy atom. The van der Waals surface area contributed by atoms with E-state index in [9.17, 15) is 13.2 Å². The Bertz CT molecular complexity index is 560. The molecule has 1 aromatic carbocycles. The van der Waals surface area contributed by atoms with Gasteiger partial charge in [0.05, 0.1) is 23.5 Å². The monoisotopic (exact) mass is 284 g/mol. The summed E-state index contributed by atoms with van der Waals surface area (Å²) in [6, 6.07) is 5.15. The summed E-state index contributed by atoms with van der Waals surface area (Å²) in [7, 11) is 3.57. The highest BCUT2D eigenvalue weighted by atomic mass is 19.4. The van der Waals surface area contributed by atoms with Crippen LogP contribution in [0.1, 0.15) is 22.9 Å². The molecule has 108 valence electrons. The molecule has 1 aromatic heterocycles. The molecule has 1 unspecified atom stereocenters. The molecule has 2 aromatic rings. The minimum atomic E-state index is -4.30. The molecule has 7 heteroatoms. The third-order valence-corrected chi connectivity index (χ3v) is 3.18. The van der Waals surface area contributed by atoms with Crippen LogP contribution in [-0.2, 0) is 19.6 Å². The second-order valence-corrected chi connectivity index (χ2v) is 4.52. The SMILES string of the molecule is CNC(Cc1ccc(C(F)(F)F)cc1)c1cnnn1C. The first-order chi connectivity index (χ1) is 9.41. The lowest BCUT2D eigenvalue weighted by molar-refractivity contribution is -0.137. The Balaban J connectivity index is 2.15. The molecule has 20 heavy (non-hydrogen) atoms. The van der Waals surface area contributed by atoms with Crippen LogP contribution in [-0.4, -0.2) is 22.0 Å². The van der Waals surface area contributed by atoms with Crippen LogP contribution >= 0.6 is 0 Å². The van der Waals surface area contributed by atoms with Gasteiger partial charge in [-0.25, -0.2) is 0 Å². The summed E-state index contributed by atoms with van der Waals surface area (Å²) in [4.78, 5) is 0. The third kappa shape index (κ3) is 3.16. The second kappa shape index (κ2) is 5.62. The maximum Gasteiger partial charge on any atom is 0.416 e. The van der Waals surface area contributed by atoms with Gasteiger partial charge in [-0.05, 0) is 31.2 Å². The fourth-order valence-corrected chi connectivity index (χ4v) is 2.03. The van der Waals surface area contributed by atoms with Gasteiger partial charge in [0, 0.05) is 7.05 Å². The molecule has 0 saturated heterocycles. The molecule has 0 aliphatic heterocycles. The van der Waals surface area contributed by atoms with Gasteiger partial charge in [0.25, 0.3) is 0 Å². The number of aromatic nitrogens is 3. The van der Waals surface area contributed by atoms with Gasteiger partial charge in [0.15, 0.2) is 0 Å². The molecule has 0 spiro atoms. The first kappa shape index (κ1) is 14.5. The highest BCUT2D eigenvalue weighted by Gasteiger charge is 2.30. The molecular weight excluding hydrogens is 269 g/mol. The van der Waals surface area contributed by atoms with Crippen molar-refractivity contribution in [2.24, 2.45) is 7.05 Å². The average Bonchev–Trinajstić information content (AvgIpc) is 2.82. The molecule has 1 heterocycles. The number of nitrogens with one attached hydrogen (secondary N) is 1. The number of benzene rings is 1. The van der Waals surface area contributed by atoms with E-state index in [4.69, 9.17) is 0 Å². The second-order valence-electron chi connectivity index (χ2n) is 4.52. The maximum absolute atomic E-state index is 12.5. The number of halogens is 3. The molecule has 0 aliphatic carbocycles. The van der Waals surface area contributed by atoms with E-state index in [1.807, 2.05) is 0 Å². The maximum atomic E-state index is 12.5. The van der Waals surface area contributed by atoms with E-state index < -0.39 is 11.7 Å². The standard InChI is InChI=1S/C13H15F3N4/c1-17-11(12-8-18-19-20(12)2)7-9-3-5-10(6-4-9)13(14,15)16/h3-6,8,11,17H,7H2,1-2H3. The highest BCUT2D eigenvalue weighted by Crippen LogP contribution is 2.29. The van der Waals surface area contributed by atoms with Crippen molar-refractivity contribution in [3.8, 4) is 0 Å². The number of nitrogens with zero attached hydrogens (tertiary/aromatic N) is 3. The summed E-state index contributed by atoms with van der Waals surface area (Å²) in [6.07, 6.45) is -2.09. The molecule has 4 nitrogen and oxygen atoms in total. The van der Waals surface area contributed by atoms with E-state index in [1.54, 1.807) is 25.0 Å². The molecule has 0 saturated carbocycles. The van der Waals surface area contributed by atoms with Crippen molar-refractivity contribution in [2.75, 3.05) is 7.05 Å². The number of rotatable bonds is 4. The number of hydrogen-bond acceptors (Lipinski definition) is 3. The summed E-state index contributed by atoms with van der Waals surface area (Å²) < 4.78 is 39.1. The fraction of sp³-hybridized carbons (Fsp3) is 0.385. The summed E-state index contributed by atoms with van der Waals surface area (Å²) in [5.74, 6) is 0. The molecule has 0 aliphatic rings. The van der Waals surface area contributed by atoms with E-state index >= 15 is 0 Å². The minimum Gasteiger partial charge on any atom is -0.311 e. The van der Waals surface area contributed by atoms with Gasteiger partial charge < -0.3 is 5.32 Å². The van der Waals surface area contributed by atoms with E-state index in [2.05, 4.69) is 15.6 Å². The van der Waals surface area contributed by atoms with E-state index in [0.29, 0.717) is 6.42 Å². The zero-order valence-corrected chi connectivity index (χ0v) is 11.1. The lowest BCUT2D eigenvalue weighted by Crippen LogP contribution is -2.21. The highest BCUT2D eigenvalue weighted by molar-refractivity contribution is 5.26. The summed E-state index contributed by atoms with van der Waals surface area (Å²) in [5.41, 5.74) is 1.07. The summed E-state index contributed by atoms with van der Waals surface area (Å²) in [5, 5.41) is 10.8. The quantitative estimate of drug-likeness (QED) is 0.937. The van der Waals surface area contributed by atoms with Gasteiger partial charge in [0.1, 0.15) is 0 Å². The predicted molar refractivity (Wildman–Crippen MR) is 68.0 cm³/mol. The fourth-order valence-electron chi connectivity index (χ4n) is 2.03. The molecule has 2 rings (SSSR count). The molecule has 1 atom stereocenters. The Labute approximate surface area is 114 Å². The smallest absolute Gasteiger partial charge is 0.311 e. The molecule has 0 amide bonds. The van der Waals surface area contributed by atoms with Gasteiger partial charge in [-0.3, -0.25) is 4.68 Å². The van der Waals surface area contributed by atoms with Crippen molar-refractivity contribution < 1.29 is 13.2 Å². The number of aryl methyl sites for hydroxylation is 1. The van der Waals surface area contributed by atoms with Crippen molar-refractivity contribution in [3.63, 3.8) is 0 Å².